The van der Waals surface area contributed by atoms with Crippen molar-refractivity contribution in [3.05, 3.63) is 28.2 Å². The summed E-state index contributed by atoms with van der Waals surface area (Å²) >= 11 is 3.09. The highest BCUT2D eigenvalue weighted by Gasteiger charge is 2.31. The summed E-state index contributed by atoms with van der Waals surface area (Å²) in [6.07, 6.45) is -4.46. The van der Waals surface area contributed by atoms with Gasteiger partial charge in [0.1, 0.15) is 0 Å². The highest BCUT2D eigenvalue weighted by atomic mass is 79.9. The fourth-order valence-corrected chi connectivity index (χ4v) is 1.66. The van der Waals surface area contributed by atoms with Gasteiger partial charge in [-0.1, -0.05) is 13.8 Å². The maximum atomic E-state index is 12.6. The second-order valence-corrected chi connectivity index (χ2v) is 5.31. The van der Waals surface area contributed by atoms with Crippen LogP contribution in [-0.4, -0.2) is 11.9 Å². The number of hydrogen-bond donors (Lipinski definition) is 2. The predicted octanol–water partition coefficient (Wildman–Crippen LogP) is 3.39. The summed E-state index contributed by atoms with van der Waals surface area (Å²) in [5.41, 5.74) is 4.85. The van der Waals surface area contributed by atoms with Crippen molar-refractivity contribution in [2.45, 2.75) is 26.1 Å². The monoisotopic (exact) mass is 338 g/mol. The second kappa shape index (κ2) is 5.92. The summed E-state index contributed by atoms with van der Waals surface area (Å²) in [5, 5.41) is 2.39. The molecule has 0 aromatic heterocycles. The summed E-state index contributed by atoms with van der Waals surface area (Å²) < 4.78 is 38.1. The standard InChI is InChI=1S/C12H14BrF3N2O/c1-6(2)10(17)11(19)18-9-5-7(12(14,15)16)3-4-8(9)13/h3-6,10H,17H2,1-2H3,(H,18,19)/t10-/m0/s1. The van der Waals surface area contributed by atoms with Crippen LogP contribution in [0, 0.1) is 5.92 Å². The number of alkyl halides is 3. The zero-order chi connectivity index (χ0) is 14.8. The summed E-state index contributed by atoms with van der Waals surface area (Å²) in [6.45, 7) is 3.51. The van der Waals surface area contributed by atoms with Crippen LogP contribution in [0.5, 0.6) is 0 Å². The van der Waals surface area contributed by atoms with Crippen LogP contribution >= 0.6 is 15.9 Å². The topological polar surface area (TPSA) is 55.1 Å². The fraction of sp³-hybridized carbons (Fsp3) is 0.417. The van der Waals surface area contributed by atoms with E-state index in [1.165, 1.54) is 6.07 Å². The van der Waals surface area contributed by atoms with Crippen molar-refractivity contribution < 1.29 is 18.0 Å². The molecule has 0 spiro atoms. The first kappa shape index (κ1) is 16.0. The van der Waals surface area contributed by atoms with Crippen LogP contribution in [-0.2, 0) is 11.0 Å². The van der Waals surface area contributed by atoms with E-state index in [2.05, 4.69) is 21.2 Å². The molecule has 1 aromatic carbocycles. The van der Waals surface area contributed by atoms with Gasteiger partial charge in [0, 0.05) is 4.47 Å². The molecule has 3 nitrogen and oxygen atoms in total. The number of nitrogens with two attached hydrogens (primary N) is 1. The Hall–Kier alpha value is -1.08. The van der Waals surface area contributed by atoms with E-state index in [-0.39, 0.29) is 11.6 Å². The normalized spacial score (nSPS) is 13.5. The fourth-order valence-electron chi connectivity index (χ4n) is 1.32. The Bertz CT molecular complexity index is 475. The van der Waals surface area contributed by atoms with E-state index in [0.29, 0.717) is 4.47 Å². The number of anilines is 1. The van der Waals surface area contributed by atoms with Gasteiger partial charge in [-0.2, -0.15) is 13.2 Å². The van der Waals surface area contributed by atoms with Crippen molar-refractivity contribution in [1.82, 2.24) is 0 Å². The minimum Gasteiger partial charge on any atom is -0.324 e. The van der Waals surface area contributed by atoms with Gasteiger partial charge >= 0.3 is 6.18 Å². The molecular formula is C12H14BrF3N2O. The van der Waals surface area contributed by atoms with E-state index in [0.717, 1.165) is 12.1 Å². The van der Waals surface area contributed by atoms with Gasteiger partial charge in [0.05, 0.1) is 17.3 Å². The molecule has 3 N–H and O–H groups in total. The summed E-state index contributed by atoms with van der Waals surface area (Å²) in [4.78, 5) is 11.7. The molecule has 0 aliphatic rings. The molecule has 7 heteroatoms. The third-order valence-corrected chi connectivity index (χ3v) is 3.26. The molecule has 19 heavy (non-hydrogen) atoms. The molecule has 1 rings (SSSR count). The molecule has 1 atom stereocenters. The lowest BCUT2D eigenvalue weighted by molar-refractivity contribution is -0.137. The average Bonchev–Trinajstić information content (AvgIpc) is 2.29. The summed E-state index contributed by atoms with van der Waals surface area (Å²) in [7, 11) is 0. The molecular weight excluding hydrogens is 325 g/mol. The third kappa shape index (κ3) is 4.21. The number of benzene rings is 1. The third-order valence-electron chi connectivity index (χ3n) is 2.57. The van der Waals surface area contributed by atoms with Crippen LogP contribution < -0.4 is 11.1 Å². The Balaban J connectivity index is 2.98. The van der Waals surface area contributed by atoms with Crippen molar-refractivity contribution in [3.63, 3.8) is 0 Å². The minimum absolute atomic E-state index is 0.0518. The highest BCUT2D eigenvalue weighted by Crippen LogP contribution is 2.34. The van der Waals surface area contributed by atoms with E-state index in [9.17, 15) is 18.0 Å². The maximum Gasteiger partial charge on any atom is 0.416 e. The van der Waals surface area contributed by atoms with Crippen molar-refractivity contribution in [1.29, 1.82) is 0 Å². The van der Waals surface area contributed by atoms with Gasteiger partial charge in [-0.25, -0.2) is 0 Å². The number of rotatable bonds is 3. The maximum absolute atomic E-state index is 12.6. The average molecular weight is 339 g/mol. The first-order valence-electron chi connectivity index (χ1n) is 5.56. The van der Waals surface area contributed by atoms with Gasteiger partial charge in [0.2, 0.25) is 5.91 Å². The number of amides is 1. The Morgan fingerprint density at radius 1 is 1.37 bits per heavy atom. The summed E-state index contributed by atoms with van der Waals surface area (Å²) in [5.74, 6) is -0.625. The Labute approximate surface area is 117 Å². The number of hydrogen-bond acceptors (Lipinski definition) is 2. The first-order valence-corrected chi connectivity index (χ1v) is 6.35. The van der Waals surface area contributed by atoms with Crippen LogP contribution in [0.25, 0.3) is 0 Å². The molecule has 0 unspecified atom stereocenters. The van der Waals surface area contributed by atoms with Crippen molar-refractivity contribution in [2.75, 3.05) is 5.32 Å². The molecule has 106 valence electrons. The zero-order valence-corrected chi connectivity index (χ0v) is 12.0. The van der Waals surface area contributed by atoms with E-state index < -0.39 is 23.7 Å². The number of halogens is 4. The van der Waals surface area contributed by atoms with Gasteiger partial charge in [-0.3, -0.25) is 4.79 Å². The largest absolute Gasteiger partial charge is 0.416 e. The molecule has 0 saturated carbocycles. The molecule has 0 heterocycles. The smallest absolute Gasteiger partial charge is 0.324 e. The quantitative estimate of drug-likeness (QED) is 0.887. The Morgan fingerprint density at radius 2 is 1.95 bits per heavy atom. The first-order chi connectivity index (χ1) is 8.62. The predicted molar refractivity (Wildman–Crippen MR) is 70.6 cm³/mol. The van der Waals surface area contributed by atoms with E-state index in [4.69, 9.17) is 5.73 Å². The van der Waals surface area contributed by atoms with Gasteiger partial charge in [0.25, 0.3) is 0 Å². The molecule has 0 aliphatic carbocycles. The number of nitrogens with one attached hydrogen (secondary N) is 1. The molecule has 0 fully saturated rings. The van der Waals surface area contributed by atoms with Crippen molar-refractivity contribution in [3.8, 4) is 0 Å². The van der Waals surface area contributed by atoms with Crippen molar-refractivity contribution in [2.24, 2.45) is 11.7 Å². The summed E-state index contributed by atoms with van der Waals surface area (Å²) in [6, 6.07) is 2.26. The lowest BCUT2D eigenvalue weighted by atomic mass is 10.0. The molecule has 0 saturated heterocycles. The minimum atomic E-state index is -4.46. The van der Waals surface area contributed by atoms with E-state index in [1.54, 1.807) is 13.8 Å². The molecule has 1 amide bonds. The lowest BCUT2D eigenvalue weighted by Gasteiger charge is -2.17. The second-order valence-electron chi connectivity index (χ2n) is 4.45. The lowest BCUT2D eigenvalue weighted by Crippen LogP contribution is -2.39. The van der Waals surface area contributed by atoms with E-state index in [1.807, 2.05) is 0 Å². The molecule has 0 bridgehead atoms. The van der Waals surface area contributed by atoms with Crippen LogP contribution in [0.4, 0.5) is 18.9 Å². The van der Waals surface area contributed by atoms with Gasteiger partial charge < -0.3 is 11.1 Å². The molecule has 0 radical (unpaired) electrons. The van der Waals surface area contributed by atoms with Crippen LogP contribution in [0.2, 0.25) is 0 Å². The molecule has 0 aliphatic heterocycles. The Kier molecular flexibility index (Phi) is 4.98. The number of carbonyl (C=O) groups excluding carboxylic acids is 1. The van der Waals surface area contributed by atoms with Gasteiger partial charge in [-0.15, -0.1) is 0 Å². The highest BCUT2D eigenvalue weighted by molar-refractivity contribution is 9.10. The van der Waals surface area contributed by atoms with Crippen LogP contribution in [0.3, 0.4) is 0 Å². The van der Waals surface area contributed by atoms with Crippen molar-refractivity contribution >= 4 is 27.5 Å². The Morgan fingerprint density at radius 3 is 2.42 bits per heavy atom. The van der Waals surface area contributed by atoms with Crippen LogP contribution in [0.1, 0.15) is 19.4 Å². The van der Waals surface area contributed by atoms with E-state index >= 15 is 0 Å². The van der Waals surface area contributed by atoms with Crippen LogP contribution in [0.15, 0.2) is 22.7 Å². The SMILES string of the molecule is CC(C)[C@H](N)C(=O)Nc1cc(C(F)(F)F)ccc1Br. The molecule has 1 aromatic rings. The zero-order valence-electron chi connectivity index (χ0n) is 10.4. The van der Waals surface area contributed by atoms with Gasteiger partial charge in [-0.05, 0) is 40.0 Å². The number of carbonyl (C=O) groups is 1. The van der Waals surface area contributed by atoms with Gasteiger partial charge in [0.15, 0.2) is 0 Å².